The van der Waals surface area contributed by atoms with E-state index >= 15 is 0 Å². The SMILES string of the molecule is CC(C)(C)c1ccc(CCNC(=O)NCCCN2CCOCC2)cc1. The maximum atomic E-state index is 11.8. The van der Waals surface area contributed by atoms with Crippen LogP contribution >= 0.6 is 0 Å². The van der Waals surface area contributed by atoms with Gasteiger partial charge in [0.1, 0.15) is 0 Å². The van der Waals surface area contributed by atoms with Gasteiger partial charge in [-0.25, -0.2) is 4.79 Å². The van der Waals surface area contributed by atoms with Gasteiger partial charge in [0.05, 0.1) is 13.2 Å². The standard InChI is InChI=1S/C20H33N3O2/c1-20(2,3)18-7-5-17(6-8-18)9-11-22-19(24)21-10-4-12-23-13-15-25-16-14-23/h5-8H,4,9-16H2,1-3H3,(H2,21,22,24). The third-order valence-electron chi connectivity index (χ3n) is 4.56. The van der Waals surface area contributed by atoms with Crippen LogP contribution in [0.5, 0.6) is 0 Å². The first-order chi connectivity index (χ1) is 11.9. The topological polar surface area (TPSA) is 53.6 Å². The van der Waals surface area contributed by atoms with Gasteiger partial charge in [0.2, 0.25) is 0 Å². The summed E-state index contributed by atoms with van der Waals surface area (Å²) in [6.07, 6.45) is 1.83. The summed E-state index contributed by atoms with van der Waals surface area (Å²) in [5.41, 5.74) is 2.76. The average Bonchev–Trinajstić information content (AvgIpc) is 2.59. The van der Waals surface area contributed by atoms with Crippen molar-refractivity contribution in [2.45, 2.75) is 39.0 Å². The molecule has 1 aromatic carbocycles. The quantitative estimate of drug-likeness (QED) is 0.745. The largest absolute Gasteiger partial charge is 0.379 e. The zero-order chi connectivity index (χ0) is 18.1. The van der Waals surface area contributed by atoms with Crippen LogP contribution in [0.3, 0.4) is 0 Å². The Morgan fingerprint density at radius 1 is 1.08 bits per heavy atom. The van der Waals surface area contributed by atoms with Crippen molar-refractivity contribution in [1.29, 1.82) is 0 Å². The molecule has 0 unspecified atom stereocenters. The Morgan fingerprint density at radius 2 is 1.72 bits per heavy atom. The van der Waals surface area contributed by atoms with Crippen LogP contribution in [-0.2, 0) is 16.6 Å². The van der Waals surface area contributed by atoms with E-state index in [1.54, 1.807) is 0 Å². The number of nitrogens with one attached hydrogen (secondary N) is 2. The van der Waals surface area contributed by atoms with Crippen LogP contribution in [0, 0.1) is 0 Å². The van der Waals surface area contributed by atoms with Crippen LogP contribution < -0.4 is 10.6 Å². The molecule has 1 aliphatic heterocycles. The summed E-state index contributed by atoms with van der Waals surface area (Å²) in [4.78, 5) is 14.2. The highest BCUT2D eigenvalue weighted by atomic mass is 16.5. The lowest BCUT2D eigenvalue weighted by Gasteiger charge is -2.26. The van der Waals surface area contributed by atoms with Gasteiger partial charge >= 0.3 is 6.03 Å². The van der Waals surface area contributed by atoms with Gasteiger partial charge in [0.15, 0.2) is 0 Å². The van der Waals surface area contributed by atoms with Crippen LogP contribution in [0.2, 0.25) is 0 Å². The Bertz CT molecular complexity index is 517. The summed E-state index contributed by atoms with van der Waals surface area (Å²) in [6, 6.07) is 8.60. The number of nitrogens with zero attached hydrogens (tertiary/aromatic N) is 1. The first-order valence-corrected chi connectivity index (χ1v) is 9.36. The Kier molecular flexibility index (Phi) is 7.72. The molecule has 5 heteroatoms. The highest BCUT2D eigenvalue weighted by Gasteiger charge is 2.13. The van der Waals surface area contributed by atoms with Crippen LogP contribution in [0.1, 0.15) is 38.3 Å². The predicted molar refractivity (Wildman–Crippen MR) is 102 cm³/mol. The van der Waals surface area contributed by atoms with Gasteiger partial charge in [-0.15, -0.1) is 0 Å². The van der Waals surface area contributed by atoms with Gasteiger partial charge in [0, 0.05) is 26.2 Å². The number of morpholine rings is 1. The normalized spacial score (nSPS) is 15.8. The van der Waals surface area contributed by atoms with Crippen molar-refractivity contribution in [3.63, 3.8) is 0 Å². The maximum absolute atomic E-state index is 11.8. The van der Waals surface area contributed by atoms with E-state index in [1.165, 1.54) is 11.1 Å². The molecule has 0 bridgehead atoms. The van der Waals surface area contributed by atoms with Gasteiger partial charge in [-0.2, -0.15) is 0 Å². The summed E-state index contributed by atoms with van der Waals surface area (Å²) in [7, 11) is 0. The summed E-state index contributed by atoms with van der Waals surface area (Å²) in [5.74, 6) is 0. The number of rotatable bonds is 7. The molecule has 5 nitrogen and oxygen atoms in total. The van der Waals surface area contributed by atoms with Crippen LogP contribution in [0.4, 0.5) is 4.79 Å². The van der Waals surface area contributed by atoms with Crippen LogP contribution in [0.25, 0.3) is 0 Å². The van der Waals surface area contributed by atoms with E-state index in [1.807, 2.05) is 0 Å². The highest BCUT2D eigenvalue weighted by Crippen LogP contribution is 2.22. The minimum Gasteiger partial charge on any atom is -0.379 e. The second-order valence-corrected chi connectivity index (χ2v) is 7.69. The zero-order valence-corrected chi connectivity index (χ0v) is 15.9. The van der Waals surface area contributed by atoms with Crippen LogP contribution in [0.15, 0.2) is 24.3 Å². The van der Waals surface area contributed by atoms with E-state index in [-0.39, 0.29) is 11.4 Å². The number of hydrogen-bond acceptors (Lipinski definition) is 3. The molecule has 2 rings (SSSR count). The molecule has 2 amide bonds. The Morgan fingerprint density at radius 3 is 2.36 bits per heavy atom. The number of carbonyl (C=O) groups excluding carboxylic acids is 1. The lowest BCUT2D eigenvalue weighted by atomic mass is 9.86. The van der Waals surface area contributed by atoms with Crippen LogP contribution in [-0.4, -0.2) is 56.9 Å². The molecule has 0 saturated carbocycles. The first kappa shape index (κ1) is 19.7. The molecule has 1 fully saturated rings. The molecular formula is C20H33N3O2. The first-order valence-electron chi connectivity index (χ1n) is 9.36. The monoisotopic (exact) mass is 347 g/mol. The zero-order valence-electron chi connectivity index (χ0n) is 15.9. The Hall–Kier alpha value is -1.59. The number of hydrogen-bond donors (Lipinski definition) is 2. The molecule has 25 heavy (non-hydrogen) atoms. The van der Waals surface area contributed by atoms with Gasteiger partial charge < -0.3 is 15.4 Å². The smallest absolute Gasteiger partial charge is 0.314 e. The number of urea groups is 1. The molecule has 0 aliphatic carbocycles. The summed E-state index contributed by atoms with van der Waals surface area (Å²) < 4.78 is 5.33. The molecule has 1 heterocycles. The molecule has 0 spiro atoms. The molecule has 0 aromatic heterocycles. The molecule has 2 N–H and O–H groups in total. The van der Waals surface area contributed by atoms with Crippen molar-refractivity contribution < 1.29 is 9.53 Å². The second-order valence-electron chi connectivity index (χ2n) is 7.69. The number of benzene rings is 1. The van der Waals surface area contributed by atoms with E-state index < -0.39 is 0 Å². The maximum Gasteiger partial charge on any atom is 0.314 e. The van der Waals surface area contributed by atoms with Crippen molar-refractivity contribution in [3.8, 4) is 0 Å². The van der Waals surface area contributed by atoms with E-state index in [2.05, 4.69) is 60.6 Å². The van der Waals surface area contributed by atoms with E-state index in [4.69, 9.17) is 4.74 Å². The van der Waals surface area contributed by atoms with E-state index in [9.17, 15) is 4.79 Å². The fraction of sp³-hybridized carbons (Fsp3) is 0.650. The van der Waals surface area contributed by atoms with Gasteiger partial charge in [-0.3, -0.25) is 4.90 Å². The summed E-state index contributed by atoms with van der Waals surface area (Å²) in [5, 5.41) is 5.86. The third kappa shape index (κ3) is 7.45. The molecule has 1 aliphatic rings. The fourth-order valence-corrected chi connectivity index (χ4v) is 2.88. The van der Waals surface area contributed by atoms with Gasteiger partial charge in [-0.1, -0.05) is 45.0 Å². The van der Waals surface area contributed by atoms with Crippen molar-refractivity contribution in [2.24, 2.45) is 0 Å². The number of ether oxygens (including phenoxy) is 1. The minimum absolute atomic E-state index is 0.0757. The van der Waals surface area contributed by atoms with Crippen molar-refractivity contribution in [1.82, 2.24) is 15.5 Å². The molecule has 0 atom stereocenters. The molecule has 140 valence electrons. The minimum atomic E-state index is -0.0757. The Labute approximate surface area is 152 Å². The highest BCUT2D eigenvalue weighted by molar-refractivity contribution is 5.73. The number of amides is 2. The Balaban J connectivity index is 1.55. The molecule has 1 aromatic rings. The predicted octanol–water partition coefficient (Wildman–Crippen LogP) is 2.55. The lowest BCUT2D eigenvalue weighted by Crippen LogP contribution is -2.40. The third-order valence-corrected chi connectivity index (χ3v) is 4.56. The second kappa shape index (κ2) is 9.78. The van der Waals surface area contributed by atoms with Crippen molar-refractivity contribution in [3.05, 3.63) is 35.4 Å². The van der Waals surface area contributed by atoms with E-state index in [0.29, 0.717) is 13.1 Å². The molecule has 0 radical (unpaired) electrons. The van der Waals surface area contributed by atoms with Gasteiger partial charge in [-0.05, 0) is 35.9 Å². The van der Waals surface area contributed by atoms with Gasteiger partial charge in [0.25, 0.3) is 0 Å². The summed E-state index contributed by atoms with van der Waals surface area (Å²) >= 11 is 0. The fourth-order valence-electron chi connectivity index (χ4n) is 2.88. The van der Waals surface area contributed by atoms with Crippen molar-refractivity contribution in [2.75, 3.05) is 45.9 Å². The van der Waals surface area contributed by atoms with E-state index in [0.717, 1.165) is 45.7 Å². The average molecular weight is 348 g/mol. The van der Waals surface area contributed by atoms with Crippen molar-refractivity contribution >= 4 is 6.03 Å². The summed E-state index contributed by atoms with van der Waals surface area (Å²) in [6.45, 7) is 12.7. The number of carbonyl (C=O) groups is 1. The molecular weight excluding hydrogens is 314 g/mol. The lowest BCUT2D eigenvalue weighted by molar-refractivity contribution is 0.0375. The molecule has 1 saturated heterocycles.